The Morgan fingerprint density at radius 1 is 0.944 bits per heavy atom. The molecule has 0 radical (unpaired) electrons. The summed E-state index contributed by atoms with van der Waals surface area (Å²) >= 11 is 0. The second-order valence-corrected chi connectivity index (χ2v) is 4.35. The average Bonchev–Trinajstić information content (AvgIpc) is 2.40. The van der Waals surface area contributed by atoms with Gasteiger partial charge in [0.2, 0.25) is 0 Å². The van der Waals surface area contributed by atoms with E-state index < -0.39 is 0 Å². The normalized spacial score (nSPS) is 10.3. The van der Waals surface area contributed by atoms with Gasteiger partial charge in [-0.3, -0.25) is 0 Å². The third-order valence-corrected chi connectivity index (χ3v) is 2.98. The number of aryl methyl sites for hydroxylation is 1. The molecule has 0 aromatic heterocycles. The van der Waals surface area contributed by atoms with Gasteiger partial charge in [-0.25, -0.2) is 0 Å². The Bertz CT molecular complexity index is 508. The van der Waals surface area contributed by atoms with Gasteiger partial charge >= 0.3 is 0 Å². The average molecular weight is 241 g/mol. The monoisotopic (exact) mass is 241 g/mol. The van der Waals surface area contributed by atoms with E-state index in [2.05, 4.69) is 30.4 Å². The number of para-hydroxylation sites is 1. The summed E-state index contributed by atoms with van der Waals surface area (Å²) in [5.74, 6) is 0.954. The number of rotatable bonds is 5. The third-order valence-electron chi connectivity index (χ3n) is 2.98. The molecular weight excluding hydrogens is 222 g/mol. The van der Waals surface area contributed by atoms with Crippen LogP contribution in [0, 0.1) is 6.92 Å². The van der Waals surface area contributed by atoms with Crippen LogP contribution in [0.5, 0.6) is 5.75 Å². The Hall–Kier alpha value is -1.80. The zero-order valence-corrected chi connectivity index (χ0v) is 10.9. The highest BCUT2D eigenvalue weighted by Crippen LogP contribution is 2.19. The van der Waals surface area contributed by atoms with Crippen LogP contribution in [0.3, 0.4) is 0 Å². The van der Waals surface area contributed by atoms with Gasteiger partial charge in [0.1, 0.15) is 12.4 Å². The topological polar surface area (TPSA) is 21.3 Å². The highest BCUT2D eigenvalue weighted by molar-refractivity contribution is 5.34. The molecule has 0 heterocycles. The van der Waals surface area contributed by atoms with Crippen molar-refractivity contribution in [1.29, 1.82) is 0 Å². The summed E-state index contributed by atoms with van der Waals surface area (Å²) in [5, 5.41) is 3.15. The summed E-state index contributed by atoms with van der Waals surface area (Å²) in [6.45, 7) is 3.55. The minimum atomic E-state index is 0.618. The first kappa shape index (κ1) is 12.7. The van der Waals surface area contributed by atoms with Gasteiger partial charge in [-0.1, -0.05) is 42.5 Å². The van der Waals surface area contributed by atoms with Gasteiger partial charge in [0.25, 0.3) is 0 Å². The molecule has 0 bridgehead atoms. The molecule has 18 heavy (non-hydrogen) atoms. The molecule has 2 aromatic carbocycles. The lowest BCUT2D eigenvalue weighted by Crippen LogP contribution is -2.07. The van der Waals surface area contributed by atoms with Gasteiger partial charge in [-0.05, 0) is 31.2 Å². The molecule has 0 saturated carbocycles. The van der Waals surface area contributed by atoms with Gasteiger partial charge in [-0.15, -0.1) is 0 Å². The van der Waals surface area contributed by atoms with Crippen LogP contribution in [-0.4, -0.2) is 7.05 Å². The molecule has 0 saturated heterocycles. The van der Waals surface area contributed by atoms with Gasteiger partial charge in [-0.2, -0.15) is 0 Å². The van der Waals surface area contributed by atoms with Crippen LogP contribution in [0.1, 0.15) is 16.7 Å². The molecule has 0 atom stereocenters. The Labute approximate surface area is 109 Å². The summed E-state index contributed by atoms with van der Waals surface area (Å²) in [6.07, 6.45) is 0. The molecule has 2 nitrogen and oxygen atoms in total. The lowest BCUT2D eigenvalue weighted by atomic mass is 10.1. The molecule has 0 fully saturated rings. The fraction of sp³-hybridized carbons (Fsp3) is 0.250. The fourth-order valence-corrected chi connectivity index (χ4v) is 1.91. The molecule has 2 heteroatoms. The SMILES string of the molecule is CNCc1ccccc1OCc1ccccc1C. The van der Waals surface area contributed by atoms with Crippen LogP contribution in [0.25, 0.3) is 0 Å². The molecule has 0 aliphatic rings. The first-order valence-corrected chi connectivity index (χ1v) is 6.21. The Kier molecular flexibility index (Phi) is 4.37. The van der Waals surface area contributed by atoms with Crippen molar-refractivity contribution < 1.29 is 4.74 Å². The minimum absolute atomic E-state index is 0.618. The minimum Gasteiger partial charge on any atom is -0.489 e. The van der Waals surface area contributed by atoms with Crippen LogP contribution >= 0.6 is 0 Å². The van der Waals surface area contributed by atoms with Gasteiger partial charge < -0.3 is 10.1 Å². The van der Waals surface area contributed by atoms with Crippen molar-refractivity contribution in [3.8, 4) is 5.75 Å². The van der Waals surface area contributed by atoms with Crippen LogP contribution in [-0.2, 0) is 13.2 Å². The van der Waals surface area contributed by atoms with Crippen molar-refractivity contribution in [2.45, 2.75) is 20.1 Å². The Balaban J connectivity index is 2.08. The predicted molar refractivity (Wildman–Crippen MR) is 74.7 cm³/mol. The van der Waals surface area contributed by atoms with E-state index in [9.17, 15) is 0 Å². The van der Waals surface area contributed by atoms with Crippen LogP contribution in [0.2, 0.25) is 0 Å². The third kappa shape index (κ3) is 3.11. The van der Waals surface area contributed by atoms with Crippen molar-refractivity contribution in [2.75, 3.05) is 7.05 Å². The summed E-state index contributed by atoms with van der Waals surface area (Å²) in [7, 11) is 1.94. The fourth-order valence-electron chi connectivity index (χ4n) is 1.91. The second kappa shape index (κ2) is 6.22. The van der Waals surface area contributed by atoms with Crippen molar-refractivity contribution in [1.82, 2.24) is 5.32 Å². The van der Waals surface area contributed by atoms with E-state index in [0.717, 1.165) is 12.3 Å². The largest absolute Gasteiger partial charge is 0.489 e. The molecule has 0 aliphatic carbocycles. The lowest BCUT2D eigenvalue weighted by Gasteiger charge is -2.12. The summed E-state index contributed by atoms with van der Waals surface area (Å²) < 4.78 is 5.92. The molecule has 0 amide bonds. The number of ether oxygens (including phenoxy) is 1. The molecule has 2 aromatic rings. The molecule has 2 rings (SSSR count). The number of hydrogen-bond donors (Lipinski definition) is 1. The zero-order valence-electron chi connectivity index (χ0n) is 10.9. The number of nitrogens with one attached hydrogen (secondary N) is 1. The number of hydrogen-bond acceptors (Lipinski definition) is 2. The second-order valence-electron chi connectivity index (χ2n) is 4.35. The quantitative estimate of drug-likeness (QED) is 0.867. The van der Waals surface area contributed by atoms with E-state index in [0.29, 0.717) is 6.61 Å². The van der Waals surface area contributed by atoms with Crippen molar-refractivity contribution in [3.05, 3.63) is 65.2 Å². The highest BCUT2D eigenvalue weighted by Gasteiger charge is 2.03. The van der Waals surface area contributed by atoms with E-state index in [4.69, 9.17) is 4.74 Å². The molecule has 0 unspecified atom stereocenters. The summed E-state index contributed by atoms with van der Waals surface area (Å²) in [4.78, 5) is 0. The van der Waals surface area contributed by atoms with Gasteiger partial charge in [0.05, 0.1) is 0 Å². The maximum Gasteiger partial charge on any atom is 0.124 e. The maximum absolute atomic E-state index is 5.92. The summed E-state index contributed by atoms with van der Waals surface area (Å²) in [6, 6.07) is 16.5. The van der Waals surface area contributed by atoms with Crippen LogP contribution in [0.4, 0.5) is 0 Å². The smallest absolute Gasteiger partial charge is 0.124 e. The van der Waals surface area contributed by atoms with Crippen molar-refractivity contribution in [2.24, 2.45) is 0 Å². The Morgan fingerprint density at radius 3 is 2.33 bits per heavy atom. The standard InChI is InChI=1S/C16H19NO/c1-13-7-3-4-9-15(13)12-18-16-10-6-5-8-14(16)11-17-2/h3-10,17H,11-12H2,1-2H3. The van der Waals surface area contributed by atoms with E-state index in [-0.39, 0.29) is 0 Å². The lowest BCUT2D eigenvalue weighted by molar-refractivity contribution is 0.301. The number of benzene rings is 2. The molecule has 0 spiro atoms. The van der Waals surface area contributed by atoms with E-state index in [1.165, 1.54) is 16.7 Å². The molecule has 0 aliphatic heterocycles. The maximum atomic E-state index is 5.92. The highest BCUT2D eigenvalue weighted by atomic mass is 16.5. The molecular formula is C16H19NO. The first-order chi connectivity index (χ1) is 8.81. The van der Waals surface area contributed by atoms with E-state index in [1.807, 2.05) is 37.4 Å². The first-order valence-electron chi connectivity index (χ1n) is 6.21. The summed E-state index contributed by atoms with van der Waals surface area (Å²) in [5.41, 5.74) is 3.69. The molecule has 1 N–H and O–H groups in total. The Morgan fingerprint density at radius 2 is 1.61 bits per heavy atom. The zero-order chi connectivity index (χ0) is 12.8. The van der Waals surface area contributed by atoms with Crippen molar-refractivity contribution in [3.63, 3.8) is 0 Å². The van der Waals surface area contributed by atoms with Crippen molar-refractivity contribution >= 4 is 0 Å². The van der Waals surface area contributed by atoms with Crippen LogP contribution in [0.15, 0.2) is 48.5 Å². The van der Waals surface area contributed by atoms with Gasteiger partial charge in [0, 0.05) is 12.1 Å². The predicted octanol–water partition coefficient (Wildman–Crippen LogP) is 3.29. The van der Waals surface area contributed by atoms with Crippen LogP contribution < -0.4 is 10.1 Å². The van der Waals surface area contributed by atoms with E-state index in [1.54, 1.807) is 0 Å². The molecule has 94 valence electrons. The van der Waals surface area contributed by atoms with Gasteiger partial charge in [0.15, 0.2) is 0 Å². The van der Waals surface area contributed by atoms with E-state index >= 15 is 0 Å².